The molecular weight excluding hydrogens is 184 g/mol. The van der Waals surface area contributed by atoms with Crippen molar-refractivity contribution in [3.63, 3.8) is 0 Å². The van der Waals surface area contributed by atoms with Gasteiger partial charge in [0, 0.05) is 19.2 Å². The lowest BCUT2D eigenvalue weighted by Crippen LogP contribution is -1.67. The normalized spacial score (nSPS) is 11.2. The fraction of sp³-hybridized carbons (Fsp3) is 0.400. The van der Waals surface area contributed by atoms with Crippen LogP contribution in [0.1, 0.15) is 22.2 Å². The number of thiophene rings is 2. The summed E-state index contributed by atoms with van der Waals surface area (Å²) < 4.78 is 2.99. The summed E-state index contributed by atoms with van der Waals surface area (Å²) in [6.45, 7) is 6.65. The van der Waals surface area contributed by atoms with Crippen molar-refractivity contribution in [1.82, 2.24) is 0 Å². The Morgan fingerprint density at radius 3 is 2.58 bits per heavy atom. The Morgan fingerprint density at radius 2 is 2.00 bits per heavy atom. The fourth-order valence-corrected chi connectivity index (χ4v) is 3.81. The monoisotopic (exact) mass is 196 g/mol. The third-order valence-electron chi connectivity index (χ3n) is 2.23. The highest BCUT2D eigenvalue weighted by Crippen LogP contribution is 2.36. The molecule has 0 aliphatic rings. The van der Waals surface area contributed by atoms with Gasteiger partial charge in [0.15, 0.2) is 0 Å². The van der Waals surface area contributed by atoms with E-state index >= 15 is 0 Å². The summed E-state index contributed by atoms with van der Waals surface area (Å²) in [4.78, 5) is 2.98. The zero-order valence-electron chi connectivity index (χ0n) is 7.60. The number of hydrogen-bond acceptors (Lipinski definition) is 2. The fourth-order valence-electron chi connectivity index (χ4n) is 1.34. The SMILES string of the molecule is CCc1cc2sc(C)c(C)c2s1. The van der Waals surface area contributed by atoms with Crippen LogP contribution in [0.2, 0.25) is 0 Å². The quantitative estimate of drug-likeness (QED) is 0.643. The molecule has 0 saturated heterocycles. The van der Waals surface area contributed by atoms with Gasteiger partial charge >= 0.3 is 0 Å². The minimum absolute atomic E-state index is 1.17. The van der Waals surface area contributed by atoms with Crippen LogP contribution in [0.5, 0.6) is 0 Å². The molecule has 2 rings (SSSR count). The van der Waals surface area contributed by atoms with E-state index in [9.17, 15) is 0 Å². The van der Waals surface area contributed by atoms with Gasteiger partial charge < -0.3 is 0 Å². The maximum atomic E-state index is 2.34. The molecule has 0 amide bonds. The van der Waals surface area contributed by atoms with Crippen LogP contribution in [-0.2, 0) is 6.42 Å². The number of hydrogen-bond donors (Lipinski definition) is 0. The Balaban J connectivity index is 2.71. The molecule has 2 heterocycles. The van der Waals surface area contributed by atoms with Gasteiger partial charge in [0.05, 0.1) is 0 Å². The largest absolute Gasteiger partial charge is 0.139 e. The molecule has 0 unspecified atom stereocenters. The highest BCUT2D eigenvalue weighted by atomic mass is 32.1. The molecule has 2 aromatic rings. The molecule has 0 aromatic carbocycles. The number of aryl methyl sites for hydroxylation is 3. The highest BCUT2D eigenvalue weighted by molar-refractivity contribution is 7.28. The van der Waals surface area contributed by atoms with E-state index in [-0.39, 0.29) is 0 Å². The van der Waals surface area contributed by atoms with Gasteiger partial charge in [0.1, 0.15) is 0 Å². The molecule has 64 valence electrons. The lowest BCUT2D eigenvalue weighted by Gasteiger charge is -1.87. The van der Waals surface area contributed by atoms with E-state index in [0.29, 0.717) is 0 Å². The first kappa shape index (κ1) is 8.27. The summed E-state index contributed by atoms with van der Waals surface area (Å²) >= 11 is 3.88. The van der Waals surface area contributed by atoms with Gasteiger partial charge in [-0.05, 0) is 31.9 Å². The van der Waals surface area contributed by atoms with Gasteiger partial charge in [0.2, 0.25) is 0 Å². The molecule has 0 N–H and O–H groups in total. The van der Waals surface area contributed by atoms with Crippen LogP contribution in [0, 0.1) is 13.8 Å². The lowest BCUT2D eigenvalue weighted by molar-refractivity contribution is 1.19. The molecule has 0 radical (unpaired) electrons. The second-order valence-electron chi connectivity index (χ2n) is 3.04. The lowest BCUT2D eigenvalue weighted by atomic mass is 10.3. The van der Waals surface area contributed by atoms with Crippen molar-refractivity contribution in [3.05, 3.63) is 21.4 Å². The second-order valence-corrected chi connectivity index (χ2v) is 5.44. The summed E-state index contributed by atoms with van der Waals surface area (Å²) in [6.07, 6.45) is 1.17. The smallest absolute Gasteiger partial charge is 0.0485 e. The van der Waals surface area contributed by atoms with Gasteiger partial charge in [-0.15, -0.1) is 22.7 Å². The number of fused-ring (bicyclic) bond motifs is 1. The molecule has 0 bridgehead atoms. The molecular formula is C10H12S2. The van der Waals surface area contributed by atoms with Crippen molar-refractivity contribution in [2.75, 3.05) is 0 Å². The van der Waals surface area contributed by atoms with Crippen LogP contribution in [0.25, 0.3) is 9.40 Å². The van der Waals surface area contributed by atoms with E-state index in [1.807, 2.05) is 22.7 Å². The average Bonchev–Trinajstić information content (AvgIpc) is 2.55. The molecule has 0 spiro atoms. The Morgan fingerprint density at radius 1 is 1.25 bits per heavy atom. The first-order chi connectivity index (χ1) is 5.72. The zero-order valence-corrected chi connectivity index (χ0v) is 9.23. The van der Waals surface area contributed by atoms with Gasteiger partial charge in [-0.3, -0.25) is 0 Å². The molecule has 0 saturated carbocycles. The first-order valence-corrected chi connectivity index (χ1v) is 5.84. The minimum atomic E-state index is 1.17. The van der Waals surface area contributed by atoms with E-state index in [1.54, 1.807) is 0 Å². The molecule has 0 aliphatic carbocycles. The predicted molar refractivity (Wildman–Crippen MR) is 58.6 cm³/mol. The van der Waals surface area contributed by atoms with Gasteiger partial charge in [-0.1, -0.05) is 6.92 Å². The van der Waals surface area contributed by atoms with Crippen molar-refractivity contribution in [2.24, 2.45) is 0 Å². The Hall–Kier alpha value is -0.340. The topological polar surface area (TPSA) is 0 Å². The minimum Gasteiger partial charge on any atom is -0.139 e. The molecule has 2 heteroatoms. The third-order valence-corrected chi connectivity index (χ3v) is 4.91. The van der Waals surface area contributed by atoms with Crippen LogP contribution in [-0.4, -0.2) is 0 Å². The zero-order chi connectivity index (χ0) is 8.72. The van der Waals surface area contributed by atoms with Crippen LogP contribution in [0.3, 0.4) is 0 Å². The van der Waals surface area contributed by atoms with E-state index in [2.05, 4.69) is 26.8 Å². The summed E-state index contributed by atoms with van der Waals surface area (Å²) in [6, 6.07) is 2.34. The van der Waals surface area contributed by atoms with Gasteiger partial charge in [-0.25, -0.2) is 0 Å². The van der Waals surface area contributed by atoms with Gasteiger partial charge in [0.25, 0.3) is 0 Å². The van der Waals surface area contributed by atoms with Crippen LogP contribution in [0.15, 0.2) is 6.07 Å². The maximum absolute atomic E-state index is 2.34. The van der Waals surface area contributed by atoms with Crippen molar-refractivity contribution in [3.8, 4) is 0 Å². The van der Waals surface area contributed by atoms with E-state index in [0.717, 1.165) is 0 Å². The highest BCUT2D eigenvalue weighted by Gasteiger charge is 2.07. The van der Waals surface area contributed by atoms with Crippen molar-refractivity contribution < 1.29 is 0 Å². The Kier molecular flexibility index (Phi) is 1.97. The molecule has 2 aromatic heterocycles. The van der Waals surface area contributed by atoms with Crippen molar-refractivity contribution >= 4 is 32.1 Å². The summed E-state index contributed by atoms with van der Waals surface area (Å²) in [5.74, 6) is 0. The molecule has 0 fully saturated rings. The summed E-state index contributed by atoms with van der Waals surface area (Å²) in [5, 5.41) is 0. The van der Waals surface area contributed by atoms with E-state index in [1.165, 1.54) is 31.1 Å². The van der Waals surface area contributed by atoms with Crippen LogP contribution < -0.4 is 0 Å². The standard InChI is InChI=1S/C10H12S2/c1-4-8-5-9-10(12-8)6(2)7(3)11-9/h5H,4H2,1-3H3. The maximum Gasteiger partial charge on any atom is 0.0485 e. The van der Waals surface area contributed by atoms with Crippen LogP contribution in [0.4, 0.5) is 0 Å². The summed E-state index contributed by atoms with van der Waals surface area (Å²) in [7, 11) is 0. The Labute approximate surface area is 80.9 Å². The van der Waals surface area contributed by atoms with Crippen LogP contribution >= 0.6 is 22.7 Å². The van der Waals surface area contributed by atoms with Crippen molar-refractivity contribution in [2.45, 2.75) is 27.2 Å². The van der Waals surface area contributed by atoms with Gasteiger partial charge in [-0.2, -0.15) is 0 Å². The van der Waals surface area contributed by atoms with E-state index in [4.69, 9.17) is 0 Å². The molecule has 0 atom stereocenters. The number of rotatable bonds is 1. The van der Waals surface area contributed by atoms with Crippen molar-refractivity contribution in [1.29, 1.82) is 0 Å². The third kappa shape index (κ3) is 1.10. The average molecular weight is 196 g/mol. The molecule has 0 aliphatic heterocycles. The first-order valence-electron chi connectivity index (χ1n) is 4.20. The van der Waals surface area contributed by atoms with E-state index < -0.39 is 0 Å². The Bertz CT molecular complexity index is 407. The molecule has 12 heavy (non-hydrogen) atoms. The second kappa shape index (κ2) is 2.86. The predicted octanol–water partition coefficient (Wildman–Crippen LogP) is 4.14. The summed E-state index contributed by atoms with van der Waals surface area (Å²) in [5.41, 5.74) is 1.49. The molecule has 0 nitrogen and oxygen atoms in total.